The summed E-state index contributed by atoms with van der Waals surface area (Å²) >= 11 is 0. The summed E-state index contributed by atoms with van der Waals surface area (Å²) in [5.41, 5.74) is 0. The molecule has 0 aliphatic carbocycles. The Morgan fingerprint density at radius 2 is 1.33 bits per heavy atom. The predicted octanol–water partition coefficient (Wildman–Crippen LogP) is 1.75. The smallest absolute Gasteiger partial charge is 0.0313 e. The van der Waals surface area contributed by atoms with Crippen molar-refractivity contribution in [3.05, 3.63) is 0 Å². The van der Waals surface area contributed by atoms with Crippen molar-refractivity contribution < 1.29 is 8.09 Å². The Morgan fingerprint density at radius 3 is 1.33 bits per heavy atom. The van der Waals surface area contributed by atoms with Gasteiger partial charge in [0.05, 0.1) is 0 Å². The van der Waals surface area contributed by atoms with Gasteiger partial charge in [-0.2, -0.15) is 3.89 Å². The van der Waals surface area contributed by atoms with Crippen molar-refractivity contribution in [1.29, 1.82) is 0 Å². The quantitative estimate of drug-likeness (QED) is 0.566. The Morgan fingerprint density at radius 1 is 1.11 bits per heavy atom. The maximum Gasteiger partial charge on any atom is 0.0313 e. The minimum Gasteiger partial charge on any atom is -0.253 e. The monoisotopic (exact) mass is 154 g/mol. The molecule has 0 amide bonds. The Hall–Kier alpha value is 0.0800. The van der Waals surface area contributed by atoms with Gasteiger partial charge in [0, 0.05) is 26.7 Å². The SMILES string of the molecule is CCS(=O)(F)(CC)CC. The molecule has 0 unspecified atom stereocenters. The molecule has 0 atom stereocenters. The molecule has 58 valence electrons. The average Bonchev–Trinajstić information content (AvgIpc) is 1.90. The first-order valence-electron chi connectivity index (χ1n) is 3.31. The molecular formula is C6H15FOS. The summed E-state index contributed by atoms with van der Waals surface area (Å²) in [4.78, 5) is 0. The van der Waals surface area contributed by atoms with E-state index in [9.17, 15) is 8.09 Å². The first-order chi connectivity index (χ1) is 3.96. The van der Waals surface area contributed by atoms with Crippen molar-refractivity contribution in [3.63, 3.8) is 0 Å². The third-order valence-corrected chi connectivity index (χ3v) is 5.72. The van der Waals surface area contributed by atoms with Crippen LogP contribution in [0.1, 0.15) is 20.8 Å². The standard InChI is InChI=1S/C6H15FOS/c1-4-9(7,8,5-2)6-3/h4-6H2,1-3H3. The van der Waals surface area contributed by atoms with Crippen LogP contribution < -0.4 is 0 Å². The van der Waals surface area contributed by atoms with Crippen LogP contribution in [0.4, 0.5) is 3.89 Å². The first-order valence-corrected chi connectivity index (χ1v) is 5.68. The van der Waals surface area contributed by atoms with Gasteiger partial charge in [0.2, 0.25) is 0 Å². The van der Waals surface area contributed by atoms with Gasteiger partial charge in [-0.25, -0.2) is 0 Å². The van der Waals surface area contributed by atoms with Crippen molar-refractivity contribution >= 4 is 9.45 Å². The molecule has 0 aromatic heterocycles. The highest BCUT2D eigenvalue weighted by Crippen LogP contribution is 2.26. The fourth-order valence-electron chi connectivity index (χ4n) is 0.612. The van der Waals surface area contributed by atoms with Crippen molar-refractivity contribution in [2.75, 3.05) is 17.3 Å². The van der Waals surface area contributed by atoms with Crippen molar-refractivity contribution in [1.82, 2.24) is 0 Å². The van der Waals surface area contributed by atoms with Gasteiger partial charge in [-0.1, -0.05) is 20.8 Å². The third-order valence-electron chi connectivity index (χ3n) is 1.91. The lowest BCUT2D eigenvalue weighted by Crippen LogP contribution is -2.34. The van der Waals surface area contributed by atoms with E-state index in [1.54, 1.807) is 20.8 Å². The zero-order chi connectivity index (χ0) is 7.57. The van der Waals surface area contributed by atoms with Gasteiger partial charge in [0.15, 0.2) is 0 Å². The Bertz CT molecular complexity index is 131. The zero-order valence-electron chi connectivity index (χ0n) is 6.32. The van der Waals surface area contributed by atoms with E-state index >= 15 is 0 Å². The predicted molar refractivity (Wildman–Crippen MR) is 40.9 cm³/mol. The molecule has 9 heavy (non-hydrogen) atoms. The lowest BCUT2D eigenvalue weighted by atomic mass is 10.9. The van der Waals surface area contributed by atoms with E-state index in [0.717, 1.165) is 0 Å². The van der Waals surface area contributed by atoms with Crippen molar-refractivity contribution in [3.8, 4) is 0 Å². The lowest BCUT2D eigenvalue weighted by Gasteiger charge is -2.29. The minimum atomic E-state index is -3.65. The molecule has 0 aliphatic rings. The highest BCUT2D eigenvalue weighted by molar-refractivity contribution is 8.15. The highest BCUT2D eigenvalue weighted by atomic mass is 32.3. The van der Waals surface area contributed by atoms with Crippen LogP contribution >= 0.6 is 0 Å². The molecule has 0 bridgehead atoms. The Labute approximate surface area is 56.3 Å². The van der Waals surface area contributed by atoms with Crippen molar-refractivity contribution in [2.45, 2.75) is 20.8 Å². The maximum atomic E-state index is 13.2. The van der Waals surface area contributed by atoms with Crippen LogP contribution in [0.15, 0.2) is 0 Å². The van der Waals surface area contributed by atoms with Gasteiger partial charge < -0.3 is 0 Å². The van der Waals surface area contributed by atoms with Gasteiger partial charge in [-0.05, 0) is 0 Å². The van der Waals surface area contributed by atoms with Gasteiger partial charge in [0.25, 0.3) is 0 Å². The second kappa shape index (κ2) is 2.37. The van der Waals surface area contributed by atoms with E-state index in [-0.39, 0.29) is 17.3 Å². The van der Waals surface area contributed by atoms with Crippen LogP contribution in [0.2, 0.25) is 0 Å². The highest BCUT2D eigenvalue weighted by Gasteiger charge is 2.28. The summed E-state index contributed by atoms with van der Waals surface area (Å²) in [5.74, 6) is 0.513. The number of halogens is 1. The molecule has 3 heteroatoms. The second-order valence-electron chi connectivity index (χ2n) is 2.22. The molecule has 0 fully saturated rings. The van der Waals surface area contributed by atoms with Crippen LogP contribution in [-0.4, -0.2) is 21.5 Å². The normalized spacial score (nSPS) is 16.7. The van der Waals surface area contributed by atoms with Crippen LogP contribution in [0, 0.1) is 0 Å². The lowest BCUT2D eigenvalue weighted by molar-refractivity contribution is 0.607. The number of hydrogen-bond donors (Lipinski definition) is 0. The van der Waals surface area contributed by atoms with Crippen LogP contribution in [0.5, 0.6) is 0 Å². The molecule has 0 aromatic carbocycles. The minimum absolute atomic E-state index is 0.171. The Kier molecular flexibility index (Phi) is 2.39. The third kappa shape index (κ3) is 2.05. The van der Waals surface area contributed by atoms with Gasteiger partial charge >= 0.3 is 0 Å². The number of hydrogen-bond acceptors (Lipinski definition) is 1. The Balaban J connectivity index is 4.42. The molecule has 0 saturated carbocycles. The summed E-state index contributed by atoms with van der Waals surface area (Å²) < 4.78 is 24.4. The molecule has 0 aromatic rings. The van der Waals surface area contributed by atoms with E-state index in [2.05, 4.69) is 0 Å². The molecule has 0 spiro atoms. The summed E-state index contributed by atoms with van der Waals surface area (Å²) in [5, 5.41) is 0. The topological polar surface area (TPSA) is 17.1 Å². The second-order valence-corrected chi connectivity index (χ2v) is 6.67. The molecule has 0 aliphatic heterocycles. The summed E-state index contributed by atoms with van der Waals surface area (Å²) in [6.07, 6.45) is 0. The van der Waals surface area contributed by atoms with Crippen LogP contribution in [0.25, 0.3) is 0 Å². The van der Waals surface area contributed by atoms with Gasteiger partial charge in [-0.15, -0.1) is 0 Å². The molecule has 0 rings (SSSR count). The molecule has 0 saturated heterocycles. The van der Waals surface area contributed by atoms with Gasteiger partial charge in [-0.3, -0.25) is 4.21 Å². The fraction of sp³-hybridized carbons (Fsp3) is 1.00. The van der Waals surface area contributed by atoms with E-state index in [4.69, 9.17) is 0 Å². The van der Waals surface area contributed by atoms with Crippen LogP contribution in [0.3, 0.4) is 0 Å². The molecule has 0 radical (unpaired) electrons. The molecular weight excluding hydrogens is 139 g/mol. The van der Waals surface area contributed by atoms with E-state index in [0.29, 0.717) is 0 Å². The van der Waals surface area contributed by atoms with E-state index in [1.165, 1.54) is 0 Å². The largest absolute Gasteiger partial charge is 0.253 e. The molecule has 0 heterocycles. The van der Waals surface area contributed by atoms with E-state index < -0.39 is 9.45 Å². The molecule has 1 nitrogen and oxygen atoms in total. The van der Waals surface area contributed by atoms with Gasteiger partial charge in [0.1, 0.15) is 0 Å². The van der Waals surface area contributed by atoms with Crippen molar-refractivity contribution in [2.24, 2.45) is 0 Å². The molecule has 0 N–H and O–H groups in total. The van der Waals surface area contributed by atoms with Crippen LogP contribution in [-0.2, 0) is 9.45 Å². The summed E-state index contributed by atoms with van der Waals surface area (Å²) in [6.45, 7) is 4.92. The first kappa shape index (κ1) is 9.08. The van der Waals surface area contributed by atoms with E-state index in [1.807, 2.05) is 0 Å². The maximum absolute atomic E-state index is 13.2. The summed E-state index contributed by atoms with van der Waals surface area (Å²) in [7, 11) is -3.65. The number of rotatable bonds is 3. The summed E-state index contributed by atoms with van der Waals surface area (Å²) in [6, 6.07) is 0. The average molecular weight is 154 g/mol. The zero-order valence-corrected chi connectivity index (χ0v) is 7.13. The fourth-order valence-corrected chi connectivity index (χ4v) is 1.84.